The Morgan fingerprint density at radius 2 is 1.84 bits per heavy atom. The Hall–Kier alpha value is -2.56. The Morgan fingerprint density at radius 3 is 2.47 bits per heavy atom. The molecule has 0 atom stereocenters. The molecule has 0 spiro atoms. The van der Waals surface area contributed by atoms with Crippen LogP contribution in [0.1, 0.15) is 21.7 Å². The predicted molar refractivity (Wildman–Crippen MR) is 74.4 cm³/mol. The van der Waals surface area contributed by atoms with Gasteiger partial charge in [0, 0.05) is 5.69 Å². The summed E-state index contributed by atoms with van der Waals surface area (Å²) in [6.45, 7) is 3.51. The van der Waals surface area contributed by atoms with Crippen LogP contribution in [0.5, 0.6) is 0 Å². The van der Waals surface area contributed by atoms with Crippen molar-refractivity contribution in [2.24, 2.45) is 0 Å². The Balaban J connectivity index is 2.27. The molecule has 5 nitrogen and oxygen atoms in total. The van der Waals surface area contributed by atoms with Gasteiger partial charge in [0.05, 0.1) is 17.1 Å². The minimum absolute atomic E-state index is 0.175. The van der Waals surface area contributed by atoms with Crippen molar-refractivity contribution in [2.75, 3.05) is 10.9 Å². The van der Waals surface area contributed by atoms with Crippen LogP contribution >= 0.6 is 0 Å². The first-order valence-corrected chi connectivity index (χ1v) is 5.86. The summed E-state index contributed by atoms with van der Waals surface area (Å²) in [7, 11) is 0. The number of hydrazine groups is 1. The first-order chi connectivity index (χ1) is 9.08. The summed E-state index contributed by atoms with van der Waals surface area (Å²) in [5, 5.41) is 9.23. The van der Waals surface area contributed by atoms with Gasteiger partial charge in [-0.1, -0.05) is 18.2 Å². The molecule has 1 aromatic carbocycles. The highest BCUT2D eigenvalue weighted by Crippen LogP contribution is 2.20. The topological polar surface area (TPSA) is 74.2 Å². The zero-order valence-electron chi connectivity index (χ0n) is 10.8. The Morgan fingerprint density at radius 1 is 1.16 bits per heavy atom. The molecule has 3 N–H and O–H groups in total. The highest BCUT2D eigenvalue weighted by atomic mass is 16.4. The second-order valence-electron chi connectivity index (χ2n) is 4.19. The molecule has 98 valence electrons. The van der Waals surface area contributed by atoms with Crippen LogP contribution < -0.4 is 10.9 Å². The average molecular weight is 257 g/mol. The van der Waals surface area contributed by atoms with Gasteiger partial charge in [0.2, 0.25) is 0 Å². The maximum Gasteiger partial charge on any atom is 0.339 e. The summed E-state index contributed by atoms with van der Waals surface area (Å²) in [5.41, 5.74) is 8.67. The van der Waals surface area contributed by atoms with Gasteiger partial charge < -0.3 is 10.5 Å². The van der Waals surface area contributed by atoms with Crippen LogP contribution in [0.4, 0.5) is 11.4 Å². The molecule has 19 heavy (non-hydrogen) atoms. The minimum Gasteiger partial charge on any atom is -0.478 e. The molecule has 1 heterocycles. The van der Waals surface area contributed by atoms with Gasteiger partial charge in [0.1, 0.15) is 5.56 Å². The van der Waals surface area contributed by atoms with E-state index in [4.69, 9.17) is 0 Å². The van der Waals surface area contributed by atoms with Crippen molar-refractivity contribution in [3.8, 4) is 0 Å². The van der Waals surface area contributed by atoms with Gasteiger partial charge in [0.25, 0.3) is 0 Å². The van der Waals surface area contributed by atoms with E-state index in [-0.39, 0.29) is 5.56 Å². The fourth-order valence-corrected chi connectivity index (χ4v) is 1.86. The van der Waals surface area contributed by atoms with E-state index in [1.807, 2.05) is 37.3 Å². The molecule has 0 saturated carbocycles. The SMILES string of the molecule is Cc1cc(NNc2ccccc2)c(C(=O)O)c(C)n1. The molecule has 2 aromatic rings. The molecule has 1 aromatic heterocycles. The summed E-state index contributed by atoms with van der Waals surface area (Å²) >= 11 is 0. The number of para-hydroxylation sites is 1. The molecule has 0 saturated heterocycles. The lowest BCUT2D eigenvalue weighted by molar-refractivity contribution is 0.0696. The molecule has 0 bridgehead atoms. The highest BCUT2D eigenvalue weighted by Gasteiger charge is 2.15. The standard InChI is InChI=1S/C14H15N3O2/c1-9-8-12(13(14(18)19)10(2)15-9)17-16-11-6-4-3-5-7-11/h3-8,16H,1-2H3,(H,15,17)(H,18,19). The predicted octanol–water partition coefficient (Wildman–Crippen LogP) is 2.84. The Labute approximate surface area is 111 Å². The monoisotopic (exact) mass is 257 g/mol. The number of carbonyl (C=O) groups is 1. The Kier molecular flexibility index (Phi) is 3.66. The maximum absolute atomic E-state index is 11.3. The number of rotatable bonds is 4. The van der Waals surface area contributed by atoms with Crippen molar-refractivity contribution in [1.29, 1.82) is 0 Å². The van der Waals surface area contributed by atoms with Crippen molar-refractivity contribution in [3.05, 3.63) is 53.3 Å². The molecule has 0 aliphatic rings. The number of anilines is 2. The van der Waals surface area contributed by atoms with Crippen LogP contribution in [0, 0.1) is 13.8 Å². The third-order valence-corrected chi connectivity index (χ3v) is 2.66. The lowest BCUT2D eigenvalue weighted by Crippen LogP contribution is -2.14. The first-order valence-electron chi connectivity index (χ1n) is 5.86. The summed E-state index contributed by atoms with van der Waals surface area (Å²) in [6, 6.07) is 11.2. The van der Waals surface area contributed by atoms with Gasteiger partial charge in [-0.25, -0.2) is 4.79 Å². The number of nitrogens with one attached hydrogen (secondary N) is 2. The minimum atomic E-state index is -0.998. The number of carboxylic acids is 1. The van der Waals surface area contributed by atoms with Crippen LogP contribution in [0.2, 0.25) is 0 Å². The number of aromatic nitrogens is 1. The number of hydrogen-bond donors (Lipinski definition) is 3. The normalized spacial score (nSPS) is 10.0. The van der Waals surface area contributed by atoms with Gasteiger partial charge in [-0.3, -0.25) is 10.4 Å². The third-order valence-electron chi connectivity index (χ3n) is 2.66. The lowest BCUT2D eigenvalue weighted by Gasteiger charge is -2.14. The average Bonchev–Trinajstić information content (AvgIpc) is 2.36. The van der Waals surface area contributed by atoms with E-state index in [9.17, 15) is 9.90 Å². The number of nitrogens with zero attached hydrogens (tertiary/aromatic N) is 1. The van der Waals surface area contributed by atoms with E-state index in [2.05, 4.69) is 15.8 Å². The van der Waals surface area contributed by atoms with Gasteiger partial charge in [-0.15, -0.1) is 0 Å². The number of hydrogen-bond acceptors (Lipinski definition) is 4. The second-order valence-corrected chi connectivity index (χ2v) is 4.19. The van der Waals surface area contributed by atoms with Gasteiger partial charge in [-0.2, -0.15) is 0 Å². The van der Waals surface area contributed by atoms with E-state index in [1.54, 1.807) is 13.0 Å². The van der Waals surface area contributed by atoms with E-state index in [0.717, 1.165) is 11.4 Å². The van der Waals surface area contributed by atoms with Gasteiger partial charge in [0.15, 0.2) is 0 Å². The van der Waals surface area contributed by atoms with Gasteiger partial charge >= 0.3 is 5.97 Å². The van der Waals surface area contributed by atoms with E-state index < -0.39 is 5.97 Å². The number of aryl methyl sites for hydroxylation is 2. The smallest absolute Gasteiger partial charge is 0.339 e. The fraction of sp³-hybridized carbons (Fsp3) is 0.143. The molecule has 5 heteroatoms. The maximum atomic E-state index is 11.3. The second kappa shape index (κ2) is 5.39. The molecule has 0 fully saturated rings. The van der Waals surface area contributed by atoms with E-state index in [1.165, 1.54) is 0 Å². The van der Waals surface area contributed by atoms with Crippen molar-refractivity contribution in [2.45, 2.75) is 13.8 Å². The largest absolute Gasteiger partial charge is 0.478 e. The molecular weight excluding hydrogens is 242 g/mol. The van der Waals surface area contributed by atoms with Crippen molar-refractivity contribution in [3.63, 3.8) is 0 Å². The van der Waals surface area contributed by atoms with Crippen LogP contribution in [0.3, 0.4) is 0 Å². The number of pyridine rings is 1. The summed E-state index contributed by atoms with van der Waals surface area (Å²) in [5.74, 6) is -0.998. The fourth-order valence-electron chi connectivity index (χ4n) is 1.86. The van der Waals surface area contributed by atoms with Crippen LogP contribution in [-0.2, 0) is 0 Å². The quantitative estimate of drug-likeness (QED) is 0.734. The molecular formula is C14H15N3O2. The van der Waals surface area contributed by atoms with Crippen LogP contribution in [0.25, 0.3) is 0 Å². The molecule has 0 radical (unpaired) electrons. The van der Waals surface area contributed by atoms with E-state index in [0.29, 0.717) is 11.4 Å². The first kappa shape index (κ1) is 12.9. The molecule has 2 rings (SSSR count). The highest BCUT2D eigenvalue weighted by molar-refractivity contribution is 5.95. The molecule has 0 aliphatic carbocycles. The number of benzene rings is 1. The zero-order valence-corrected chi connectivity index (χ0v) is 10.8. The van der Waals surface area contributed by atoms with Crippen LogP contribution in [-0.4, -0.2) is 16.1 Å². The lowest BCUT2D eigenvalue weighted by atomic mass is 10.1. The molecule has 0 aliphatic heterocycles. The Bertz CT molecular complexity index is 597. The van der Waals surface area contributed by atoms with Crippen LogP contribution in [0.15, 0.2) is 36.4 Å². The third kappa shape index (κ3) is 3.01. The summed E-state index contributed by atoms with van der Waals surface area (Å²) < 4.78 is 0. The zero-order chi connectivity index (χ0) is 13.8. The van der Waals surface area contributed by atoms with Crippen molar-refractivity contribution < 1.29 is 9.90 Å². The van der Waals surface area contributed by atoms with E-state index >= 15 is 0 Å². The van der Waals surface area contributed by atoms with Gasteiger partial charge in [-0.05, 0) is 32.0 Å². The summed E-state index contributed by atoms with van der Waals surface area (Å²) in [6.07, 6.45) is 0. The van der Waals surface area contributed by atoms with Crippen molar-refractivity contribution in [1.82, 2.24) is 4.98 Å². The molecule has 0 unspecified atom stereocenters. The van der Waals surface area contributed by atoms with Crippen molar-refractivity contribution >= 4 is 17.3 Å². The number of aromatic carboxylic acids is 1. The summed E-state index contributed by atoms with van der Waals surface area (Å²) in [4.78, 5) is 15.4. The number of carboxylic acid groups (broad SMARTS) is 1. The molecule has 0 amide bonds.